The van der Waals surface area contributed by atoms with Crippen molar-refractivity contribution in [1.82, 2.24) is 15.3 Å². The van der Waals surface area contributed by atoms with Gasteiger partial charge < -0.3 is 10.2 Å². The minimum atomic E-state index is 0.0325. The highest BCUT2D eigenvalue weighted by Crippen LogP contribution is 2.30. The van der Waals surface area contributed by atoms with Crippen molar-refractivity contribution < 1.29 is 4.79 Å². The highest BCUT2D eigenvalue weighted by atomic mass is 32.1. The molecule has 0 aliphatic carbocycles. The number of fused-ring (bicyclic) bond motifs is 1. The van der Waals surface area contributed by atoms with Crippen LogP contribution in [0.3, 0.4) is 0 Å². The monoisotopic (exact) mass is 444 g/mol. The molecule has 0 bridgehead atoms. The highest BCUT2D eigenvalue weighted by molar-refractivity contribution is 7.18. The van der Waals surface area contributed by atoms with Gasteiger partial charge in [0, 0.05) is 24.5 Å². The Morgan fingerprint density at radius 3 is 2.47 bits per heavy atom. The molecule has 6 heteroatoms. The van der Waals surface area contributed by atoms with E-state index in [1.807, 2.05) is 30.3 Å². The number of nitrogens with one attached hydrogen (secondary N) is 1. The van der Waals surface area contributed by atoms with Crippen molar-refractivity contribution >= 4 is 33.3 Å². The highest BCUT2D eigenvalue weighted by Gasteiger charge is 2.14. The zero-order valence-corrected chi connectivity index (χ0v) is 19.4. The third kappa shape index (κ3) is 5.14. The number of benzene rings is 2. The van der Waals surface area contributed by atoms with E-state index in [1.54, 1.807) is 17.7 Å². The molecule has 4 rings (SSSR count). The van der Waals surface area contributed by atoms with Crippen LogP contribution >= 0.6 is 11.3 Å². The first-order valence-electron chi connectivity index (χ1n) is 11.1. The Bertz CT molecular complexity index is 1170. The molecule has 0 aliphatic rings. The zero-order valence-electron chi connectivity index (χ0n) is 18.5. The lowest BCUT2D eigenvalue weighted by atomic mass is 10.0. The fraction of sp³-hybridized carbons (Fsp3) is 0.269. The summed E-state index contributed by atoms with van der Waals surface area (Å²) in [6.07, 6.45) is 3.01. The van der Waals surface area contributed by atoms with Gasteiger partial charge in [-0.25, -0.2) is 9.97 Å². The lowest BCUT2D eigenvalue weighted by Crippen LogP contribution is -2.36. The Morgan fingerprint density at radius 2 is 1.75 bits per heavy atom. The third-order valence-corrected chi connectivity index (χ3v) is 6.71. The van der Waals surface area contributed by atoms with E-state index >= 15 is 0 Å². The summed E-state index contributed by atoms with van der Waals surface area (Å²) in [6, 6.07) is 20.6. The number of aromatic nitrogens is 2. The van der Waals surface area contributed by atoms with Gasteiger partial charge in [0.1, 0.15) is 17.0 Å². The van der Waals surface area contributed by atoms with Crippen LogP contribution in [0.2, 0.25) is 0 Å². The van der Waals surface area contributed by atoms with Crippen LogP contribution in [0, 0.1) is 0 Å². The van der Waals surface area contributed by atoms with E-state index in [0.717, 1.165) is 40.1 Å². The Hall–Kier alpha value is -3.25. The van der Waals surface area contributed by atoms with Gasteiger partial charge in [-0.15, -0.1) is 11.3 Å². The second kappa shape index (κ2) is 10.4. The first-order valence-corrected chi connectivity index (χ1v) is 11.9. The van der Waals surface area contributed by atoms with Gasteiger partial charge in [-0.2, -0.15) is 0 Å². The topological polar surface area (TPSA) is 58.1 Å². The van der Waals surface area contributed by atoms with E-state index in [9.17, 15) is 4.79 Å². The van der Waals surface area contributed by atoms with Gasteiger partial charge in [-0.05, 0) is 36.1 Å². The quantitative estimate of drug-likeness (QED) is 0.390. The molecule has 0 fully saturated rings. The van der Waals surface area contributed by atoms with Gasteiger partial charge in [-0.1, -0.05) is 61.5 Å². The van der Waals surface area contributed by atoms with Gasteiger partial charge in [0.2, 0.25) is 5.91 Å². The maximum Gasteiger partial charge on any atom is 0.224 e. The lowest BCUT2D eigenvalue weighted by molar-refractivity contribution is -0.120. The number of carbonyl (C=O) groups is 1. The summed E-state index contributed by atoms with van der Waals surface area (Å²) >= 11 is 1.72. The number of hydrogen-bond donors (Lipinski definition) is 1. The van der Waals surface area contributed by atoms with E-state index in [-0.39, 0.29) is 5.91 Å². The minimum Gasteiger partial charge on any atom is -0.354 e. The summed E-state index contributed by atoms with van der Waals surface area (Å²) < 4.78 is 0. The van der Waals surface area contributed by atoms with Crippen molar-refractivity contribution in [2.75, 3.05) is 24.5 Å². The number of likely N-dealkylation sites (N-methyl/N-ethyl adjacent to an activating group) is 1. The van der Waals surface area contributed by atoms with Crippen molar-refractivity contribution in [1.29, 1.82) is 0 Å². The predicted octanol–water partition coefficient (Wildman–Crippen LogP) is 5.11. The van der Waals surface area contributed by atoms with Crippen molar-refractivity contribution in [2.24, 2.45) is 0 Å². The molecule has 2 aromatic heterocycles. The van der Waals surface area contributed by atoms with Gasteiger partial charge in [0.25, 0.3) is 0 Å². The van der Waals surface area contributed by atoms with Crippen LogP contribution in [-0.2, 0) is 17.6 Å². The molecule has 164 valence electrons. The molecule has 2 aromatic carbocycles. The molecule has 2 heterocycles. The molecule has 5 nitrogen and oxygen atoms in total. The molecule has 32 heavy (non-hydrogen) atoms. The first-order chi connectivity index (χ1) is 15.7. The summed E-state index contributed by atoms with van der Waals surface area (Å²) in [4.78, 5) is 26.0. The smallest absolute Gasteiger partial charge is 0.224 e. The summed E-state index contributed by atoms with van der Waals surface area (Å²) in [5.41, 5.74) is 3.35. The standard InChI is InChI=1S/C26H28N4OS/c1-3-22-17-23-25(28-18-29-26(23)32-22)30(4-2)15-14-27-24(31)16-19-10-12-21(13-11-19)20-8-6-5-7-9-20/h5-13,17-18H,3-4,14-16H2,1-2H3,(H,27,31). The van der Waals surface area contributed by atoms with Crippen LogP contribution < -0.4 is 10.2 Å². The molecular formula is C26H28N4OS. The van der Waals surface area contributed by atoms with E-state index in [1.165, 1.54) is 10.4 Å². The number of rotatable bonds is 9. The van der Waals surface area contributed by atoms with Gasteiger partial charge in [0.05, 0.1) is 11.8 Å². The minimum absolute atomic E-state index is 0.0325. The maximum atomic E-state index is 12.5. The van der Waals surface area contributed by atoms with Crippen molar-refractivity contribution in [2.45, 2.75) is 26.7 Å². The number of aryl methyl sites for hydroxylation is 1. The molecule has 0 atom stereocenters. The molecule has 4 aromatic rings. The summed E-state index contributed by atoms with van der Waals surface area (Å²) in [6.45, 7) is 6.36. The van der Waals surface area contributed by atoms with Crippen LogP contribution in [0.1, 0.15) is 24.3 Å². The zero-order chi connectivity index (χ0) is 22.3. The maximum absolute atomic E-state index is 12.5. The van der Waals surface area contributed by atoms with Crippen molar-refractivity contribution in [3.05, 3.63) is 77.4 Å². The Morgan fingerprint density at radius 1 is 1.00 bits per heavy atom. The Labute approximate surface area is 193 Å². The molecule has 0 unspecified atom stereocenters. The second-order valence-electron chi connectivity index (χ2n) is 7.65. The van der Waals surface area contributed by atoms with Crippen molar-refractivity contribution in [3.63, 3.8) is 0 Å². The van der Waals surface area contributed by atoms with Crippen LogP contribution in [0.25, 0.3) is 21.3 Å². The molecule has 0 radical (unpaired) electrons. The predicted molar refractivity (Wildman–Crippen MR) is 133 cm³/mol. The normalized spacial score (nSPS) is 10.9. The van der Waals surface area contributed by atoms with Gasteiger partial charge in [0.15, 0.2) is 0 Å². The SMILES string of the molecule is CCc1cc2c(N(CC)CCNC(=O)Cc3ccc(-c4ccccc4)cc3)ncnc2s1. The van der Waals surface area contributed by atoms with Crippen LogP contribution in [0.15, 0.2) is 67.0 Å². The van der Waals surface area contributed by atoms with E-state index in [0.29, 0.717) is 19.5 Å². The van der Waals surface area contributed by atoms with E-state index in [4.69, 9.17) is 0 Å². The Kier molecular flexibility index (Phi) is 7.12. The van der Waals surface area contributed by atoms with Gasteiger partial charge in [-0.3, -0.25) is 4.79 Å². The largest absolute Gasteiger partial charge is 0.354 e. The average molecular weight is 445 g/mol. The molecule has 0 saturated carbocycles. The van der Waals surface area contributed by atoms with E-state index in [2.05, 4.69) is 64.4 Å². The number of nitrogens with zero attached hydrogens (tertiary/aromatic N) is 3. The number of anilines is 1. The number of hydrogen-bond acceptors (Lipinski definition) is 5. The summed E-state index contributed by atoms with van der Waals surface area (Å²) in [5.74, 6) is 0.976. The number of amides is 1. The molecular weight excluding hydrogens is 416 g/mol. The number of carbonyl (C=O) groups excluding carboxylic acids is 1. The molecule has 0 aliphatic heterocycles. The molecule has 0 spiro atoms. The fourth-order valence-electron chi connectivity index (χ4n) is 3.76. The lowest BCUT2D eigenvalue weighted by Gasteiger charge is -2.22. The fourth-order valence-corrected chi connectivity index (χ4v) is 4.69. The van der Waals surface area contributed by atoms with Crippen LogP contribution in [0.5, 0.6) is 0 Å². The van der Waals surface area contributed by atoms with E-state index < -0.39 is 0 Å². The van der Waals surface area contributed by atoms with Crippen molar-refractivity contribution in [3.8, 4) is 11.1 Å². The van der Waals surface area contributed by atoms with Gasteiger partial charge >= 0.3 is 0 Å². The van der Waals surface area contributed by atoms with Crippen LogP contribution in [0.4, 0.5) is 5.82 Å². The molecule has 1 N–H and O–H groups in total. The summed E-state index contributed by atoms with van der Waals surface area (Å²) in [5, 5.41) is 4.15. The summed E-state index contributed by atoms with van der Waals surface area (Å²) in [7, 11) is 0. The first kappa shape index (κ1) is 22.0. The Balaban J connectivity index is 1.33. The average Bonchev–Trinajstić information content (AvgIpc) is 3.27. The molecule has 0 saturated heterocycles. The molecule has 1 amide bonds. The third-order valence-electron chi connectivity index (χ3n) is 5.52. The van der Waals surface area contributed by atoms with Crippen LogP contribution in [-0.4, -0.2) is 35.5 Å². The second-order valence-corrected chi connectivity index (χ2v) is 8.77. The number of thiophene rings is 1.